The van der Waals surface area contributed by atoms with E-state index in [2.05, 4.69) is 5.32 Å². The number of nitrogens with zero attached hydrogens (tertiary/aromatic N) is 1. The van der Waals surface area contributed by atoms with E-state index in [1.165, 1.54) is 12.1 Å². The number of rotatable bonds is 6. The van der Waals surface area contributed by atoms with Gasteiger partial charge in [0.1, 0.15) is 6.04 Å². The number of hydrogen-bond donors (Lipinski definition) is 2. The summed E-state index contributed by atoms with van der Waals surface area (Å²) in [5.41, 5.74) is -0.0663. The van der Waals surface area contributed by atoms with Crippen molar-refractivity contribution >= 4 is 40.6 Å². The number of non-ortho nitro benzene ring substituents is 1. The van der Waals surface area contributed by atoms with Gasteiger partial charge in [0.05, 0.1) is 11.5 Å². The number of aliphatic hydroxyl groups is 1. The first-order valence-electron chi connectivity index (χ1n) is 5.35. The first kappa shape index (κ1) is 16.4. The number of nitro benzene ring substituents is 1. The molecule has 2 N–H and O–H groups in total. The van der Waals surface area contributed by atoms with E-state index in [-0.39, 0.29) is 11.3 Å². The third-order valence-corrected chi connectivity index (χ3v) is 2.77. The van der Waals surface area contributed by atoms with Gasteiger partial charge < -0.3 is 10.4 Å². The molecule has 0 spiro atoms. The van der Waals surface area contributed by atoms with Crippen molar-refractivity contribution < 1.29 is 19.6 Å². The van der Waals surface area contributed by atoms with Crippen molar-refractivity contribution in [3.63, 3.8) is 0 Å². The van der Waals surface area contributed by atoms with Crippen LogP contribution in [0.15, 0.2) is 24.3 Å². The summed E-state index contributed by atoms with van der Waals surface area (Å²) >= 11 is 10.6. The average Bonchev–Trinajstić information content (AvgIpc) is 2.43. The van der Waals surface area contributed by atoms with E-state index in [9.17, 15) is 19.7 Å². The highest BCUT2D eigenvalue weighted by molar-refractivity contribution is 6.53. The number of nitrogens with one attached hydrogen (secondary N) is 1. The molecule has 1 atom stereocenters. The van der Waals surface area contributed by atoms with Gasteiger partial charge >= 0.3 is 0 Å². The summed E-state index contributed by atoms with van der Waals surface area (Å²) in [7, 11) is 0. The average molecular weight is 321 g/mol. The molecule has 0 bridgehead atoms. The maximum atomic E-state index is 12.0. The molecule has 7 nitrogen and oxygen atoms in total. The first-order chi connectivity index (χ1) is 9.36. The minimum atomic E-state index is -1.37. The number of carbonyl (C=O) groups excluding carboxylic acids is 2. The number of benzene rings is 1. The van der Waals surface area contributed by atoms with Gasteiger partial charge in [-0.15, -0.1) is 0 Å². The van der Waals surface area contributed by atoms with Crippen LogP contribution in [0.3, 0.4) is 0 Å². The molecule has 108 valence electrons. The lowest BCUT2D eigenvalue weighted by molar-refractivity contribution is -0.384. The van der Waals surface area contributed by atoms with Gasteiger partial charge in [0.15, 0.2) is 10.6 Å². The van der Waals surface area contributed by atoms with E-state index in [0.29, 0.717) is 0 Å². The van der Waals surface area contributed by atoms with Crippen LogP contribution in [-0.2, 0) is 4.79 Å². The van der Waals surface area contributed by atoms with Gasteiger partial charge in [-0.05, 0) is 12.1 Å². The predicted molar refractivity (Wildman–Crippen MR) is 71.9 cm³/mol. The Kier molecular flexibility index (Phi) is 5.87. The van der Waals surface area contributed by atoms with Crippen molar-refractivity contribution in [1.29, 1.82) is 0 Å². The van der Waals surface area contributed by atoms with Crippen molar-refractivity contribution in [2.24, 2.45) is 0 Å². The molecule has 0 unspecified atom stereocenters. The van der Waals surface area contributed by atoms with E-state index in [1.54, 1.807) is 0 Å². The molecule has 0 fully saturated rings. The quantitative estimate of drug-likeness (QED) is 0.352. The van der Waals surface area contributed by atoms with E-state index in [1.807, 2.05) is 0 Å². The van der Waals surface area contributed by atoms with Gasteiger partial charge in [-0.25, -0.2) is 0 Å². The topological polar surface area (TPSA) is 110 Å². The molecular weight excluding hydrogens is 311 g/mol. The number of Topliss-reactive ketones (excluding diaryl/α,β-unsaturated/α-hetero) is 1. The lowest BCUT2D eigenvalue weighted by Crippen LogP contribution is -2.45. The molecule has 1 rings (SSSR count). The molecular formula is C11H10Cl2N2O5. The van der Waals surface area contributed by atoms with E-state index in [4.69, 9.17) is 28.3 Å². The number of amides is 1. The molecule has 0 aliphatic carbocycles. The Labute approximate surface area is 123 Å². The summed E-state index contributed by atoms with van der Waals surface area (Å²) in [5, 5.41) is 21.8. The molecule has 1 aromatic rings. The van der Waals surface area contributed by atoms with Gasteiger partial charge in [0, 0.05) is 17.7 Å². The third kappa shape index (κ3) is 4.16. The van der Waals surface area contributed by atoms with Gasteiger partial charge in [-0.1, -0.05) is 23.2 Å². The van der Waals surface area contributed by atoms with E-state index >= 15 is 0 Å². The highest BCUT2D eigenvalue weighted by Gasteiger charge is 2.24. The molecule has 0 radical (unpaired) electrons. The van der Waals surface area contributed by atoms with Crippen LogP contribution in [0.4, 0.5) is 5.69 Å². The minimum Gasteiger partial charge on any atom is -0.394 e. The Morgan fingerprint density at radius 3 is 2.25 bits per heavy atom. The second kappa shape index (κ2) is 7.18. The number of alkyl halides is 2. The summed E-state index contributed by atoms with van der Waals surface area (Å²) < 4.78 is 0. The fourth-order valence-electron chi connectivity index (χ4n) is 1.38. The van der Waals surface area contributed by atoms with Gasteiger partial charge in [-0.3, -0.25) is 19.7 Å². The van der Waals surface area contributed by atoms with E-state index < -0.39 is 34.1 Å². The smallest absolute Gasteiger partial charge is 0.269 e. The third-order valence-electron chi connectivity index (χ3n) is 2.38. The maximum absolute atomic E-state index is 12.0. The summed E-state index contributed by atoms with van der Waals surface area (Å²) in [6.07, 6.45) is 0. The normalized spacial score (nSPS) is 12.0. The molecule has 1 amide bonds. The summed E-state index contributed by atoms with van der Waals surface area (Å²) in [6.45, 7) is -0.651. The van der Waals surface area contributed by atoms with Crippen molar-refractivity contribution in [2.75, 3.05) is 6.61 Å². The van der Waals surface area contributed by atoms with Crippen LogP contribution in [0.5, 0.6) is 0 Å². The molecule has 0 saturated heterocycles. The fraction of sp³-hybridized carbons (Fsp3) is 0.273. The standard InChI is InChI=1S/C11H10Cl2N2O5/c12-10(13)11(18)14-8(5-16)9(17)6-1-3-7(4-2-6)15(19)20/h1-4,8,10,16H,5H2,(H,14,18)/t8-/m1/s1. The Balaban J connectivity index is 2.85. The predicted octanol–water partition coefficient (Wildman–Crippen LogP) is 1.06. The fourth-order valence-corrected chi connectivity index (χ4v) is 1.50. The van der Waals surface area contributed by atoms with Crippen LogP contribution >= 0.6 is 23.2 Å². The van der Waals surface area contributed by atoms with Crippen molar-refractivity contribution in [3.05, 3.63) is 39.9 Å². The van der Waals surface area contributed by atoms with Crippen LogP contribution in [0.25, 0.3) is 0 Å². The van der Waals surface area contributed by atoms with Crippen molar-refractivity contribution in [3.8, 4) is 0 Å². The highest BCUT2D eigenvalue weighted by atomic mass is 35.5. The highest BCUT2D eigenvalue weighted by Crippen LogP contribution is 2.13. The molecule has 20 heavy (non-hydrogen) atoms. The van der Waals surface area contributed by atoms with Crippen LogP contribution in [0.1, 0.15) is 10.4 Å². The van der Waals surface area contributed by atoms with Crippen molar-refractivity contribution in [1.82, 2.24) is 5.32 Å². The monoisotopic (exact) mass is 320 g/mol. The van der Waals surface area contributed by atoms with Gasteiger partial charge in [-0.2, -0.15) is 0 Å². The molecule has 9 heteroatoms. The number of hydrogen-bond acceptors (Lipinski definition) is 5. The number of aliphatic hydroxyl groups excluding tert-OH is 1. The lowest BCUT2D eigenvalue weighted by atomic mass is 10.0. The zero-order chi connectivity index (χ0) is 15.3. The number of nitro groups is 1. The van der Waals surface area contributed by atoms with E-state index in [0.717, 1.165) is 12.1 Å². The summed E-state index contributed by atoms with van der Waals surface area (Å²) in [5.74, 6) is -1.42. The zero-order valence-corrected chi connectivity index (χ0v) is 11.5. The minimum absolute atomic E-state index is 0.107. The second-order valence-electron chi connectivity index (χ2n) is 3.71. The van der Waals surface area contributed by atoms with Crippen LogP contribution in [-0.4, -0.2) is 39.2 Å². The Hall–Kier alpha value is -1.70. The Morgan fingerprint density at radius 2 is 1.85 bits per heavy atom. The molecule has 0 heterocycles. The molecule has 0 aliphatic heterocycles. The first-order valence-corrected chi connectivity index (χ1v) is 6.22. The maximum Gasteiger partial charge on any atom is 0.269 e. The number of ketones is 1. The van der Waals surface area contributed by atoms with Crippen LogP contribution in [0.2, 0.25) is 0 Å². The summed E-state index contributed by atoms with van der Waals surface area (Å²) in [6, 6.07) is 3.54. The number of halogens is 2. The van der Waals surface area contributed by atoms with Gasteiger partial charge in [0.25, 0.3) is 11.6 Å². The largest absolute Gasteiger partial charge is 0.394 e. The van der Waals surface area contributed by atoms with Gasteiger partial charge in [0.2, 0.25) is 0 Å². The molecule has 0 saturated carbocycles. The molecule has 0 aromatic heterocycles. The second-order valence-corrected chi connectivity index (χ2v) is 4.81. The summed E-state index contributed by atoms with van der Waals surface area (Å²) in [4.78, 5) is 31.8. The SMILES string of the molecule is O=C(N[C@H](CO)C(=O)c1ccc([N+](=O)[O-])cc1)C(Cl)Cl. The molecule has 1 aromatic carbocycles. The zero-order valence-electron chi connectivity index (χ0n) is 9.95. The molecule has 0 aliphatic rings. The van der Waals surface area contributed by atoms with Crippen LogP contribution in [0, 0.1) is 10.1 Å². The Bertz CT molecular complexity index is 518. The van der Waals surface area contributed by atoms with Crippen LogP contribution < -0.4 is 5.32 Å². The number of carbonyl (C=O) groups is 2. The lowest BCUT2D eigenvalue weighted by Gasteiger charge is -2.15. The Morgan fingerprint density at radius 1 is 1.30 bits per heavy atom. The van der Waals surface area contributed by atoms with Crippen molar-refractivity contribution in [2.45, 2.75) is 10.9 Å².